The number of esters is 1. The topological polar surface area (TPSA) is 138 Å². The Balaban J connectivity index is 1.76. The van der Waals surface area contributed by atoms with Gasteiger partial charge in [-0.05, 0) is 56.5 Å². The van der Waals surface area contributed by atoms with E-state index in [4.69, 9.17) is 26.8 Å². The lowest BCUT2D eigenvalue weighted by molar-refractivity contribution is -0.113. The Morgan fingerprint density at radius 2 is 1.92 bits per heavy atom. The molecule has 0 aliphatic rings. The van der Waals surface area contributed by atoms with Crippen molar-refractivity contribution in [1.82, 2.24) is 14.8 Å². The van der Waals surface area contributed by atoms with Crippen LogP contribution in [-0.2, 0) is 16.1 Å². The van der Waals surface area contributed by atoms with Gasteiger partial charge in [-0.25, -0.2) is 4.79 Å². The van der Waals surface area contributed by atoms with Gasteiger partial charge < -0.3 is 20.5 Å². The summed E-state index contributed by atoms with van der Waals surface area (Å²) in [6.45, 7) is 11.5. The molecule has 0 saturated heterocycles. The van der Waals surface area contributed by atoms with Gasteiger partial charge in [0.25, 0.3) is 5.91 Å². The summed E-state index contributed by atoms with van der Waals surface area (Å²) in [6.07, 6.45) is 1.25. The molecule has 38 heavy (non-hydrogen) atoms. The first-order valence-corrected chi connectivity index (χ1v) is 13.6. The summed E-state index contributed by atoms with van der Waals surface area (Å²) >= 11 is 8.35. The largest absolute Gasteiger partial charge is 0.483 e. The minimum absolute atomic E-state index is 0.0381. The SMILES string of the molecule is C=CCn1c(SCC(=O)Nc2sc(C(N)=O)c(C)c2C(=O)OC)nnc1C(C)Oc1cc(C)c(Cl)c(C)c1. The molecule has 0 fully saturated rings. The predicted molar refractivity (Wildman–Crippen MR) is 148 cm³/mol. The quantitative estimate of drug-likeness (QED) is 0.187. The number of carbonyl (C=O) groups excluding carboxylic acids is 3. The first-order valence-electron chi connectivity index (χ1n) is 11.4. The number of primary amides is 1. The number of amides is 2. The van der Waals surface area contributed by atoms with E-state index in [2.05, 4.69) is 22.1 Å². The number of nitrogens with one attached hydrogen (secondary N) is 1. The molecule has 0 spiro atoms. The number of halogens is 1. The van der Waals surface area contributed by atoms with Crippen molar-refractivity contribution >= 4 is 57.5 Å². The molecular formula is C25H28ClN5O5S2. The Labute approximate surface area is 233 Å². The molecule has 0 saturated carbocycles. The highest BCUT2D eigenvalue weighted by molar-refractivity contribution is 7.99. The number of hydrogen-bond acceptors (Lipinski definition) is 9. The van der Waals surface area contributed by atoms with E-state index in [1.807, 2.05) is 37.5 Å². The predicted octanol–water partition coefficient (Wildman–Crippen LogP) is 4.86. The Hall–Kier alpha value is -3.35. The Kier molecular flexibility index (Phi) is 9.58. The minimum atomic E-state index is -0.696. The maximum absolute atomic E-state index is 12.8. The number of thioether (sulfide) groups is 1. The maximum atomic E-state index is 12.8. The molecule has 3 rings (SSSR count). The van der Waals surface area contributed by atoms with E-state index >= 15 is 0 Å². The molecule has 202 valence electrons. The van der Waals surface area contributed by atoms with Crippen molar-refractivity contribution < 1.29 is 23.9 Å². The van der Waals surface area contributed by atoms with Gasteiger partial charge in [-0.3, -0.25) is 14.2 Å². The third-order valence-electron chi connectivity index (χ3n) is 5.49. The Morgan fingerprint density at radius 3 is 2.50 bits per heavy atom. The summed E-state index contributed by atoms with van der Waals surface area (Å²) in [5.41, 5.74) is 7.67. The minimum Gasteiger partial charge on any atom is -0.483 e. The maximum Gasteiger partial charge on any atom is 0.341 e. The average Bonchev–Trinajstić information content (AvgIpc) is 3.41. The molecule has 0 aliphatic heterocycles. The molecule has 2 aromatic heterocycles. The lowest BCUT2D eigenvalue weighted by Gasteiger charge is -2.17. The van der Waals surface area contributed by atoms with Gasteiger partial charge in [-0.2, -0.15) is 0 Å². The van der Waals surface area contributed by atoms with Gasteiger partial charge in [0.1, 0.15) is 10.8 Å². The standard InChI is InChI=1S/C25H28ClN5O5S2/c1-7-8-31-22(15(5)36-16-9-12(2)19(26)13(3)10-16)29-30-25(31)37-11-17(32)28-23-18(24(34)35-6)14(4)20(38-23)21(27)33/h7,9-10,15H,1,8,11H2,2-6H3,(H2,27,33)(H,28,32). The second-order valence-corrected chi connectivity index (χ2v) is 10.7. The zero-order valence-corrected chi connectivity index (χ0v) is 24.0. The number of ether oxygens (including phenoxy) is 2. The van der Waals surface area contributed by atoms with Gasteiger partial charge in [0, 0.05) is 11.6 Å². The second kappa shape index (κ2) is 12.5. The molecule has 1 unspecified atom stereocenters. The van der Waals surface area contributed by atoms with Gasteiger partial charge in [0.15, 0.2) is 17.1 Å². The van der Waals surface area contributed by atoms with Crippen LogP contribution in [-0.4, -0.2) is 45.4 Å². The summed E-state index contributed by atoms with van der Waals surface area (Å²) in [7, 11) is 1.22. The van der Waals surface area contributed by atoms with Crippen LogP contribution in [0.3, 0.4) is 0 Å². The van der Waals surface area contributed by atoms with Crippen LogP contribution in [0.2, 0.25) is 5.02 Å². The molecule has 1 aromatic carbocycles. The molecule has 3 N–H and O–H groups in total. The molecule has 10 nitrogen and oxygen atoms in total. The van der Waals surface area contributed by atoms with E-state index in [0.29, 0.717) is 33.9 Å². The van der Waals surface area contributed by atoms with Gasteiger partial charge in [0.2, 0.25) is 5.91 Å². The van der Waals surface area contributed by atoms with Crippen molar-refractivity contribution in [3.05, 3.63) is 62.8 Å². The number of rotatable bonds is 11. The van der Waals surface area contributed by atoms with Crippen molar-refractivity contribution in [3.8, 4) is 5.75 Å². The number of nitrogens with zero attached hydrogens (tertiary/aromatic N) is 3. The lowest BCUT2D eigenvalue weighted by atomic mass is 10.1. The third kappa shape index (κ3) is 6.37. The fourth-order valence-electron chi connectivity index (χ4n) is 3.72. The van der Waals surface area contributed by atoms with E-state index in [1.54, 1.807) is 13.0 Å². The fraction of sp³-hybridized carbons (Fsp3) is 0.320. The Bertz CT molecular complexity index is 1380. The van der Waals surface area contributed by atoms with Gasteiger partial charge in [-0.15, -0.1) is 28.1 Å². The average molecular weight is 578 g/mol. The number of thiophene rings is 1. The summed E-state index contributed by atoms with van der Waals surface area (Å²) in [4.78, 5) is 36.9. The number of allylic oxidation sites excluding steroid dienone is 1. The number of aryl methyl sites for hydroxylation is 2. The van der Waals surface area contributed by atoms with E-state index in [9.17, 15) is 14.4 Å². The summed E-state index contributed by atoms with van der Waals surface area (Å²) in [6, 6.07) is 3.72. The highest BCUT2D eigenvalue weighted by Crippen LogP contribution is 2.34. The molecule has 1 atom stereocenters. The highest BCUT2D eigenvalue weighted by Gasteiger charge is 2.26. The van der Waals surface area contributed by atoms with E-state index in [-0.39, 0.29) is 21.2 Å². The van der Waals surface area contributed by atoms with Gasteiger partial charge in [-0.1, -0.05) is 29.4 Å². The number of methoxy groups -OCH3 is 1. The van der Waals surface area contributed by atoms with Crippen molar-refractivity contribution in [2.75, 3.05) is 18.2 Å². The van der Waals surface area contributed by atoms with Crippen molar-refractivity contribution in [3.63, 3.8) is 0 Å². The van der Waals surface area contributed by atoms with Crippen LogP contribution in [0, 0.1) is 20.8 Å². The number of anilines is 1. The summed E-state index contributed by atoms with van der Waals surface area (Å²) < 4.78 is 12.7. The monoisotopic (exact) mass is 577 g/mol. The first kappa shape index (κ1) is 29.2. The van der Waals surface area contributed by atoms with Crippen LogP contribution in [0.25, 0.3) is 0 Å². The zero-order chi connectivity index (χ0) is 28.1. The number of nitrogens with two attached hydrogens (primary N) is 1. The smallest absolute Gasteiger partial charge is 0.341 e. The molecular weight excluding hydrogens is 550 g/mol. The van der Waals surface area contributed by atoms with Gasteiger partial charge in [0.05, 0.1) is 23.3 Å². The van der Waals surface area contributed by atoms with E-state index in [0.717, 1.165) is 34.2 Å². The van der Waals surface area contributed by atoms with Crippen LogP contribution in [0.1, 0.15) is 55.6 Å². The van der Waals surface area contributed by atoms with Crippen molar-refractivity contribution in [1.29, 1.82) is 0 Å². The normalized spacial score (nSPS) is 11.6. The summed E-state index contributed by atoms with van der Waals surface area (Å²) in [5.74, 6) is -0.609. The zero-order valence-electron chi connectivity index (χ0n) is 21.6. The summed E-state index contributed by atoms with van der Waals surface area (Å²) in [5, 5.41) is 12.6. The van der Waals surface area contributed by atoms with E-state index < -0.39 is 23.9 Å². The molecule has 0 radical (unpaired) electrons. The van der Waals surface area contributed by atoms with Crippen LogP contribution < -0.4 is 15.8 Å². The van der Waals surface area contributed by atoms with Crippen molar-refractivity contribution in [2.45, 2.75) is 45.5 Å². The number of aromatic nitrogens is 3. The molecule has 0 aliphatic carbocycles. The number of benzene rings is 1. The van der Waals surface area contributed by atoms with Crippen LogP contribution in [0.4, 0.5) is 5.00 Å². The number of carbonyl (C=O) groups is 3. The molecule has 2 amide bonds. The van der Waals surface area contributed by atoms with Crippen LogP contribution in [0.15, 0.2) is 29.9 Å². The van der Waals surface area contributed by atoms with Crippen LogP contribution >= 0.6 is 34.7 Å². The van der Waals surface area contributed by atoms with Crippen LogP contribution in [0.5, 0.6) is 5.75 Å². The van der Waals surface area contributed by atoms with E-state index in [1.165, 1.54) is 7.11 Å². The second-order valence-electron chi connectivity index (χ2n) is 8.32. The molecule has 2 heterocycles. The van der Waals surface area contributed by atoms with Crippen molar-refractivity contribution in [2.24, 2.45) is 5.73 Å². The molecule has 3 aromatic rings. The third-order valence-corrected chi connectivity index (χ3v) is 8.27. The molecule has 13 heteroatoms. The first-order chi connectivity index (χ1) is 18.0. The lowest BCUT2D eigenvalue weighted by Crippen LogP contribution is -2.17. The fourth-order valence-corrected chi connectivity index (χ4v) is 5.64. The van der Waals surface area contributed by atoms with Gasteiger partial charge >= 0.3 is 5.97 Å². The molecule has 0 bridgehead atoms. The highest BCUT2D eigenvalue weighted by atomic mass is 35.5. The number of hydrogen-bond donors (Lipinski definition) is 2. The Morgan fingerprint density at radius 1 is 1.26 bits per heavy atom.